The van der Waals surface area contributed by atoms with Gasteiger partial charge in [-0.2, -0.15) is 18.3 Å². The van der Waals surface area contributed by atoms with Crippen LogP contribution in [0.4, 0.5) is 22.0 Å². The molecule has 0 spiro atoms. The average molecular weight is 624 g/mol. The van der Waals surface area contributed by atoms with E-state index in [4.69, 9.17) is 0 Å². The first-order chi connectivity index (χ1) is 21.5. The normalized spacial score (nSPS) is 15.3. The molecule has 0 radical (unpaired) electrons. The average Bonchev–Trinajstić information content (AvgIpc) is 3.74. The Morgan fingerprint density at radius 3 is 2.47 bits per heavy atom. The Labute approximate surface area is 255 Å². The number of fused-ring (bicyclic) bond motifs is 1. The molecule has 2 aromatic carbocycles. The Bertz CT molecular complexity index is 1730. The van der Waals surface area contributed by atoms with E-state index in [2.05, 4.69) is 20.7 Å². The summed E-state index contributed by atoms with van der Waals surface area (Å²) in [5.74, 6) is -2.57. The smallest absolute Gasteiger partial charge is 0.349 e. The Hall–Kier alpha value is -4.61. The van der Waals surface area contributed by atoms with E-state index in [9.17, 15) is 31.5 Å². The molecule has 1 atom stereocenters. The summed E-state index contributed by atoms with van der Waals surface area (Å²) >= 11 is 0. The number of nitrogens with zero attached hydrogens (tertiary/aromatic N) is 3. The summed E-state index contributed by atoms with van der Waals surface area (Å²) in [7, 11) is 0. The molecule has 1 unspecified atom stereocenters. The van der Waals surface area contributed by atoms with Crippen LogP contribution < -0.4 is 10.6 Å². The Kier molecular flexibility index (Phi) is 8.39. The number of amides is 2. The molecule has 1 saturated carbocycles. The molecule has 2 amide bonds. The zero-order valence-electron chi connectivity index (χ0n) is 24.1. The third kappa shape index (κ3) is 7.05. The maximum atomic E-state index is 14.3. The van der Waals surface area contributed by atoms with Crippen molar-refractivity contribution in [2.24, 2.45) is 0 Å². The van der Waals surface area contributed by atoms with E-state index in [-0.39, 0.29) is 35.9 Å². The van der Waals surface area contributed by atoms with Crippen LogP contribution in [0.5, 0.6) is 0 Å². The van der Waals surface area contributed by atoms with Gasteiger partial charge in [0.15, 0.2) is 5.69 Å². The van der Waals surface area contributed by atoms with Crippen LogP contribution in [-0.4, -0.2) is 32.6 Å². The number of carbonyl (C=O) groups is 2. The molecule has 0 saturated heterocycles. The van der Waals surface area contributed by atoms with Crippen molar-refractivity contribution in [1.29, 1.82) is 0 Å². The first kappa shape index (κ1) is 30.4. The Balaban J connectivity index is 1.29. The number of nitrogens with one attached hydrogen (secondary N) is 2. The molecule has 2 aromatic heterocycles. The van der Waals surface area contributed by atoms with Crippen molar-refractivity contribution >= 4 is 11.8 Å². The quantitative estimate of drug-likeness (QED) is 0.220. The topological polar surface area (TPSA) is 88.9 Å². The minimum atomic E-state index is -4.66. The number of halogens is 5. The lowest BCUT2D eigenvalue weighted by Crippen LogP contribution is -2.34. The van der Waals surface area contributed by atoms with Crippen molar-refractivity contribution < 1.29 is 31.5 Å². The number of aromatic nitrogens is 3. The highest BCUT2D eigenvalue weighted by Crippen LogP contribution is 2.36. The number of alkyl halides is 3. The van der Waals surface area contributed by atoms with Gasteiger partial charge in [0.05, 0.1) is 11.7 Å². The van der Waals surface area contributed by atoms with E-state index in [1.165, 1.54) is 0 Å². The lowest BCUT2D eigenvalue weighted by atomic mass is 9.95. The van der Waals surface area contributed by atoms with Crippen LogP contribution in [0.3, 0.4) is 0 Å². The SMILES string of the molecule is O=C(Cn1nc(C(F)(F)F)c2c1CCCC2)NC(Cc1ncccc1-c1cccc(C(=O)NC2CC2)c1)c1cc(F)cc(F)c1. The van der Waals surface area contributed by atoms with Crippen molar-refractivity contribution in [3.63, 3.8) is 0 Å². The molecular weight excluding hydrogens is 593 g/mol. The van der Waals surface area contributed by atoms with Gasteiger partial charge in [-0.1, -0.05) is 18.2 Å². The van der Waals surface area contributed by atoms with Gasteiger partial charge in [0.25, 0.3) is 5.91 Å². The predicted octanol–water partition coefficient (Wildman–Crippen LogP) is 6.11. The predicted molar refractivity (Wildman–Crippen MR) is 155 cm³/mol. The standard InChI is InChI=1S/C33H30F5N5O2/c34-22-14-21(15-23(35)16-22)27(41-30(44)18-43-29-9-2-1-7-26(29)31(42-43)33(36,37)38)17-28-25(8-4-12-39-28)19-5-3-6-20(13-19)32(45)40-24-10-11-24/h3-6,8,12-16,24,27H,1-2,7,9-11,17-18H2,(H,40,45)(H,41,44). The fourth-order valence-electron chi connectivity index (χ4n) is 5.82. The summed E-state index contributed by atoms with van der Waals surface area (Å²) in [5, 5.41) is 9.47. The zero-order chi connectivity index (χ0) is 31.7. The van der Waals surface area contributed by atoms with E-state index in [0.717, 1.165) is 29.7 Å². The fourth-order valence-corrected chi connectivity index (χ4v) is 5.82. The van der Waals surface area contributed by atoms with E-state index < -0.39 is 42.0 Å². The number of hydrogen-bond donors (Lipinski definition) is 2. The van der Waals surface area contributed by atoms with E-state index in [0.29, 0.717) is 53.4 Å². The molecule has 45 heavy (non-hydrogen) atoms. The molecule has 0 bridgehead atoms. The number of hydrogen-bond acceptors (Lipinski definition) is 4. The number of carbonyl (C=O) groups excluding carboxylic acids is 2. The molecular formula is C33H30F5N5O2. The minimum absolute atomic E-state index is 0.00563. The number of rotatable bonds is 9. The molecule has 12 heteroatoms. The second-order valence-electron chi connectivity index (χ2n) is 11.5. The maximum absolute atomic E-state index is 14.3. The van der Waals surface area contributed by atoms with Gasteiger partial charge in [0, 0.05) is 47.1 Å². The molecule has 2 heterocycles. The third-order valence-corrected chi connectivity index (χ3v) is 8.08. The maximum Gasteiger partial charge on any atom is 0.435 e. The second kappa shape index (κ2) is 12.4. The van der Waals surface area contributed by atoms with Crippen LogP contribution in [0.1, 0.15) is 70.3 Å². The van der Waals surface area contributed by atoms with E-state index in [1.807, 2.05) is 6.07 Å². The summed E-state index contributed by atoms with van der Waals surface area (Å²) < 4.78 is 70.9. The van der Waals surface area contributed by atoms with Crippen molar-refractivity contribution in [3.8, 4) is 11.1 Å². The lowest BCUT2D eigenvalue weighted by molar-refractivity contribution is -0.142. The highest BCUT2D eigenvalue weighted by Gasteiger charge is 2.39. The van der Waals surface area contributed by atoms with Crippen LogP contribution in [0, 0.1) is 11.6 Å². The number of benzene rings is 2. The summed E-state index contributed by atoms with van der Waals surface area (Å²) in [6.07, 6.45) is 0.627. The largest absolute Gasteiger partial charge is 0.435 e. The van der Waals surface area contributed by atoms with Crippen molar-refractivity contribution in [1.82, 2.24) is 25.4 Å². The van der Waals surface area contributed by atoms with Crippen LogP contribution in [0.25, 0.3) is 11.1 Å². The molecule has 0 aliphatic heterocycles. The van der Waals surface area contributed by atoms with Crippen LogP contribution >= 0.6 is 0 Å². The van der Waals surface area contributed by atoms with Gasteiger partial charge in [-0.3, -0.25) is 19.3 Å². The van der Waals surface area contributed by atoms with Gasteiger partial charge in [0.1, 0.15) is 18.2 Å². The van der Waals surface area contributed by atoms with Crippen molar-refractivity contribution in [2.45, 2.75) is 69.8 Å². The van der Waals surface area contributed by atoms with Crippen LogP contribution in [-0.2, 0) is 36.8 Å². The van der Waals surface area contributed by atoms with Crippen LogP contribution in [0.15, 0.2) is 60.8 Å². The van der Waals surface area contributed by atoms with Gasteiger partial charge >= 0.3 is 6.18 Å². The number of pyridine rings is 1. The molecule has 2 aliphatic carbocycles. The van der Waals surface area contributed by atoms with Gasteiger partial charge in [0.2, 0.25) is 5.91 Å². The minimum Gasteiger partial charge on any atom is -0.349 e. The summed E-state index contributed by atoms with van der Waals surface area (Å²) in [5.41, 5.74) is 1.88. The molecule has 7 nitrogen and oxygen atoms in total. The summed E-state index contributed by atoms with van der Waals surface area (Å²) in [6.45, 7) is -0.500. The molecule has 4 aromatic rings. The molecule has 6 rings (SSSR count). The zero-order valence-corrected chi connectivity index (χ0v) is 24.1. The summed E-state index contributed by atoms with van der Waals surface area (Å²) in [4.78, 5) is 30.6. The van der Waals surface area contributed by atoms with E-state index in [1.54, 1.807) is 36.5 Å². The highest BCUT2D eigenvalue weighted by atomic mass is 19.4. The van der Waals surface area contributed by atoms with Gasteiger partial charge in [-0.15, -0.1) is 0 Å². The molecule has 2 N–H and O–H groups in total. The molecule has 2 aliphatic rings. The Morgan fingerprint density at radius 2 is 1.73 bits per heavy atom. The fraction of sp³-hybridized carbons (Fsp3) is 0.333. The monoisotopic (exact) mass is 623 g/mol. The molecule has 1 fully saturated rings. The van der Waals surface area contributed by atoms with Crippen molar-refractivity contribution in [3.05, 3.63) is 106 Å². The van der Waals surface area contributed by atoms with E-state index >= 15 is 0 Å². The second-order valence-corrected chi connectivity index (χ2v) is 11.5. The lowest BCUT2D eigenvalue weighted by Gasteiger charge is -2.21. The third-order valence-electron chi connectivity index (χ3n) is 8.08. The van der Waals surface area contributed by atoms with Gasteiger partial charge < -0.3 is 10.6 Å². The van der Waals surface area contributed by atoms with Crippen molar-refractivity contribution in [2.75, 3.05) is 0 Å². The summed E-state index contributed by atoms with van der Waals surface area (Å²) in [6, 6.07) is 12.6. The van der Waals surface area contributed by atoms with Crippen LogP contribution in [0.2, 0.25) is 0 Å². The first-order valence-electron chi connectivity index (χ1n) is 14.8. The Morgan fingerprint density at radius 1 is 0.978 bits per heavy atom. The van der Waals surface area contributed by atoms with Gasteiger partial charge in [-0.05, 0) is 80.0 Å². The molecule has 234 valence electrons. The highest BCUT2D eigenvalue weighted by molar-refractivity contribution is 5.95. The van der Waals surface area contributed by atoms with Gasteiger partial charge in [-0.25, -0.2) is 8.78 Å². The first-order valence-corrected chi connectivity index (χ1v) is 14.8.